The zero-order chi connectivity index (χ0) is 22.4. The van der Waals surface area contributed by atoms with Gasteiger partial charge in [-0.3, -0.25) is 4.72 Å². The molecule has 3 rings (SSSR count). The predicted octanol–water partition coefficient (Wildman–Crippen LogP) is 2.53. The lowest BCUT2D eigenvalue weighted by Gasteiger charge is -2.30. The monoisotopic (exact) mass is 450 g/mol. The van der Waals surface area contributed by atoms with Gasteiger partial charge in [-0.25, -0.2) is 8.42 Å². The van der Waals surface area contributed by atoms with Crippen molar-refractivity contribution in [3.8, 4) is 17.2 Å². The summed E-state index contributed by atoms with van der Waals surface area (Å²) in [7, 11) is -3.53. The Morgan fingerprint density at radius 2 is 1.74 bits per heavy atom. The largest absolute Gasteiger partial charge is 0.508 e. The molecule has 0 bridgehead atoms. The van der Waals surface area contributed by atoms with Crippen molar-refractivity contribution in [3.63, 3.8) is 0 Å². The van der Waals surface area contributed by atoms with Crippen LogP contribution in [0.3, 0.4) is 0 Å². The quantitative estimate of drug-likeness (QED) is 0.371. The highest BCUT2D eigenvalue weighted by Crippen LogP contribution is 2.33. The Labute approximate surface area is 182 Å². The second-order valence-electron chi connectivity index (χ2n) is 8.07. The van der Waals surface area contributed by atoms with E-state index in [0.717, 1.165) is 31.9 Å². The van der Waals surface area contributed by atoms with E-state index in [0.29, 0.717) is 24.3 Å². The Hall–Kier alpha value is -2.49. The Bertz CT molecular complexity index is 956. The molecule has 5 N–H and O–H groups in total. The van der Waals surface area contributed by atoms with Crippen molar-refractivity contribution in [3.05, 3.63) is 48.0 Å². The van der Waals surface area contributed by atoms with Crippen LogP contribution >= 0.6 is 0 Å². The highest BCUT2D eigenvalue weighted by Gasteiger charge is 2.22. The third kappa shape index (κ3) is 7.30. The summed E-state index contributed by atoms with van der Waals surface area (Å²) in [6.07, 6.45) is 4.40. The van der Waals surface area contributed by atoms with E-state index in [1.165, 1.54) is 23.8 Å². The molecule has 0 radical (unpaired) electrons. The van der Waals surface area contributed by atoms with Gasteiger partial charge in [0.25, 0.3) is 0 Å². The van der Waals surface area contributed by atoms with Gasteiger partial charge < -0.3 is 25.4 Å². The second kappa shape index (κ2) is 10.2. The summed E-state index contributed by atoms with van der Waals surface area (Å²) >= 11 is 0. The van der Waals surface area contributed by atoms with Crippen LogP contribution in [0, 0.1) is 0 Å². The number of sulfonamides is 1. The van der Waals surface area contributed by atoms with Gasteiger partial charge in [0.15, 0.2) is 0 Å². The SMILES string of the molecule is CS(=O)(=O)Nc1cc(OCC(O)CNC2CCC(c3ccc(O)cc3)CC2)ccc1O. The van der Waals surface area contributed by atoms with E-state index in [1.807, 2.05) is 12.1 Å². The number of hydrogen-bond donors (Lipinski definition) is 5. The summed E-state index contributed by atoms with van der Waals surface area (Å²) in [4.78, 5) is 0. The van der Waals surface area contributed by atoms with Crippen LogP contribution in [-0.2, 0) is 10.0 Å². The number of rotatable bonds is 9. The van der Waals surface area contributed by atoms with E-state index in [4.69, 9.17) is 4.74 Å². The minimum Gasteiger partial charge on any atom is -0.508 e. The average molecular weight is 451 g/mol. The fourth-order valence-corrected chi connectivity index (χ4v) is 4.38. The maximum Gasteiger partial charge on any atom is 0.229 e. The molecule has 9 heteroatoms. The summed E-state index contributed by atoms with van der Waals surface area (Å²) in [6, 6.07) is 12.0. The standard InChI is InChI=1S/C22H30N2O6S/c1-31(28,29)24-21-12-20(10-11-22(21)27)30-14-19(26)13-23-17-6-2-15(3-7-17)16-4-8-18(25)9-5-16/h4-5,8-12,15,17,19,23-27H,2-3,6-7,13-14H2,1H3. The third-order valence-corrected chi connectivity index (χ3v) is 6.03. The van der Waals surface area contributed by atoms with Crippen LogP contribution in [0.15, 0.2) is 42.5 Å². The number of ether oxygens (including phenoxy) is 1. The molecule has 8 nitrogen and oxygen atoms in total. The van der Waals surface area contributed by atoms with Crippen LogP contribution in [0.2, 0.25) is 0 Å². The number of aliphatic hydroxyl groups excluding tert-OH is 1. The van der Waals surface area contributed by atoms with E-state index in [2.05, 4.69) is 10.0 Å². The molecule has 1 unspecified atom stereocenters. The Morgan fingerprint density at radius 1 is 1.06 bits per heavy atom. The molecule has 0 aliphatic heterocycles. The van der Waals surface area contributed by atoms with E-state index in [9.17, 15) is 23.7 Å². The van der Waals surface area contributed by atoms with Crippen LogP contribution in [0.1, 0.15) is 37.2 Å². The fraction of sp³-hybridized carbons (Fsp3) is 0.455. The fourth-order valence-electron chi connectivity index (χ4n) is 3.82. The van der Waals surface area contributed by atoms with Gasteiger partial charge in [0.1, 0.15) is 30.0 Å². The average Bonchev–Trinajstić information content (AvgIpc) is 2.73. The number of hydrogen-bond acceptors (Lipinski definition) is 7. The molecule has 2 aromatic rings. The Kier molecular flexibility index (Phi) is 7.64. The number of anilines is 1. The molecule has 1 saturated carbocycles. The summed E-state index contributed by atoms with van der Waals surface area (Å²) in [6.45, 7) is 0.431. The van der Waals surface area contributed by atoms with Crippen molar-refractivity contribution in [1.29, 1.82) is 0 Å². The topological polar surface area (TPSA) is 128 Å². The van der Waals surface area contributed by atoms with Crippen LogP contribution in [0.25, 0.3) is 0 Å². The second-order valence-corrected chi connectivity index (χ2v) is 9.81. The van der Waals surface area contributed by atoms with Gasteiger partial charge in [-0.05, 0) is 61.4 Å². The van der Waals surface area contributed by atoms with Gasteiger partial charge in [-0.15, -0.1) is 0 Å². The summed E-state index contributed by atoms with van der Waals surface area (Å²) < 4.78 is 30.5. The molecule has 0 amide bonds. The highest BCUT2D eigenvalue weighted by molar-refractivity contribution is 7.92. The molecular weight excluding hydrogens is 420 g/mol. The first-order valence-electron chi connectivity index (χ1n) is 10.3. The number of aromatic hydroxyl groups is 2. The van der Waals surface area contributed by atoms with Crippen molar-refractivity contribution in [1.82, 2.24) is 5.32 Å². The normalized spacial score (nSPS) is 20.2. The maximum atomic E-state index is 11.4. The molecule has 1 aliphatic carbocycles. The van der Waals surface area contributed by atoms with Gasteiger partial charge in [-0.2, -0.15) is 0 Å². The molecule has 0 saturated heterocycles. The smallest absolute Gasteiger partial charge is 0.229 e. The number of phenols is 2. The molecule has 31 heavy (non-hydrogen) atoms. The number of phenolic OH excluding ortho intramolecular Hbond substituents is 2. The first-order chi connectivity index (χ1) is 14.7. The van der Waals surface area contributed by atoms with Crippen molar-refractivity contribution in [2.75, 3.05) is 24.1 Å². The van der Waals surface area contributed by atoms with Crippen molar-refractivity contribution in [2.45, 2.75) is 43.7 Å². The summed E-state index contributed by atoms with van der Waals surface area (Å²) in [5, 5.41) is 32.8. The Balaban J connectivity index is 1.40. The van der Waals surface area contributed by atoms with Gasteiger partial charge in [0, 0.05) is 18.7 Å². The summed E-state index contributed by atoms with van der Waals surface area (Å²) in [5.41, 5.74) is 1.28. The van der Waals surface area contributed by atoms with Crippen molar-refractivity contribution >= 4 is 15.7 Å². The zero-order valence-corrected chi connectivity index (χ0v) is 18.3. The predicted molar refractivity (Wildman–Crippen MR) is 119 cm³/mol. The lowest BCUT2D eigenvalue weighted by molar-refractivity contribution is 0.101. The van der Waals surface area contributed by atoms with Crippen LogP contribution in [-0.4, -0.2) is 55.3 Å². The molecule has 0 spiro atoms. The Morgan fingerprint density at radius 3 is 2.39 bits per heavy atom. The van der Waals surface area contributed by atoms with Gasteiger partial charge >= 0.3 is 0 Å². The molecule has 0 aromatic heterocycles. The van der Waals surface area contributed by atoms with Crippen molar-refractivity contribution < 1.29 is 28.5 Å². The van der Waals surface area contributed by atoms with Crippen LogP contribution in [0.5, 0.6) is 17.2 Å². The third-order valence-electron chi connectivity index (χ3n) is 5.44. The molecule has 1 aliphatic rings. The van der Waals surface area contributed by atoms with Gasteiger partial charge in [0.05, 0.1) is 11.9 Å². The van der Waals surface area contributed by atoms with Crippen LogP contribution in [0.4, 0.5) is 5.69 Å². The van der Waals surface area contributed by atoms with Gasteiger partial charge in [0.2, 0.25) is 10.0 Å². The van der Waals surface area contributed by atoms with E-state index < -0.39 is 16.1 Å². The molecule has 0 heterocycles. The van der Waals surface area contributed by atoms with E-state index >= 15 is 0 Å². The first-order valence-corrected chi connectivity index (χ1v) is 12.2. The van der Waals surface area contributed by atoms with Crippen molar-refractivity contribution in [2.24, 2.45) is 0 Å². The summed E-state index contributed by atoms with van der Waals surface area (Å²) in [5.74, 6) is 0.918. The highest BCUT2D eigenvalue weighted by atomic mass is 32.2. The van der Waals surface area contributed by atoms with Crippen LogP contribution < -0.4 is 14.8 Å². The molecule has 1 atom stereocenters. The van der Waals surface area contributed by atoms with E-state index in [-0.39, 0.29) is 23.8 Å². The molecule has 2 aromatic carbocycles. The zero-order valence-electron chi connectivity index (χ0n) is 17.5. The molecule has 1 fully saturated rings. The maximum absolute atomic E-state index is 11.4. The lowest BCUT2D eigenvalue weighted by Crippen LogP contribution is -2.39. The minimum atomic E-state index is -3.53. The van der Waals surface area contributed by atoms with Gasteiger partial charge in [-0.1, -0.05) is 12.1 Å². The van der Waals surface area contributed by atoms with E-state index in [1.54, 1.807) is 12.1 Å². The minimum absolute atomic E-state index is 0.0259. The molecular formula is C22H30N2O6S. The molecule has 170 valence electrons. The number of benzene rings is 2. The number of nitrogens with one attached hydrogen (secondary N) is 2. The lowest BCUT2D eigenvalue weighted by atomic mass is 9.81. The first kappa shape index (κ1) is 23.2. The number of aliphatic hydroxyl groups is 1.